The Balaban J connectivity index is 1.71. The minimum atomic E-state index is -0.500. The van der Waals surface area contributed by atoms with Gasteiger partial charge in [0, 0.05) is 17.6 Å². The predicted molar refractivity (Wildman–Crippen MR) is 88.0 cm³/mol. The highest BCUT2D eigenvalue weighted by Gasteiger charge is 2.08. The van der Waals surface area contributed by atoms with Gasteiger partial charge in [0.1, 0.15) is 6.54 Å². The van der Waals surface area contributed by atoms with E-state index in [9.17, 15) is 9.59 Å². The molecule has 4 N–H and O–H groups in total. The Morgan fingerprint density at radius 2 is 1.83 bits per heavy atom. The van der Waals surface area contributed by atoms with Crippen molar-refractivity contribution in [2.24, 2.45) is 5.73 Å². The molecule has 0 unspecified atom stereocenters. The molecule has 0 aliphatic rings. The van der Waals surface area contributed by atoms with Gasteiger partial charge < -0.3 is 11.1 Å². The number of rotatable bonds is 4. The van der Waals surface area contributed by atoms with Crippen molar-refractivity contribution < 1.29 is 9.59 Å². The van der Waals surface area contributed by atoms with E-state index in [-0.39, 0.29) is 6.54 Å². The van der Waals surface area contributed by atoms with Crippen LogP contribution in [0, 0.1) is 0 Å². The van der Waals surface area contributed by atoms with Crippen LogP contribution in [0.2, 0.25) is 0 Å². The summed E-state index contributed by atoms with van der Waals surface area (Å²) in [5, 5.41) is 11.4. The number of fused-ring (bicyclic) bond motifs is 1. The van der Waals surface area contributed by atoms with Gasteiger partial charge in [0.2, 0.25) is 5.91 Å². The highest BCUT2D eigenvalue weighted by Crippen LogP contribution is 2.23. The topological polar surface area (TPSA) is 102 Å². The molecule has 7 nitrogen and oxygen atoms in total. The smallest absolute Gasteiger partial charge is 0.324 e. The maximum absolute atomic E-state index is 12.1. The number of carbonyl (C=O) groups excluding carboxylic acids is 2. The SMILES string of the molecule is NC(=O)Cn1ccc(NC(=O)Nc2cccc3ccccc23)n1. The summed E-state index contributed by atoms with van der Waals surface area (Å²) in [6, 6.07) is 14.6. The second kappa shape index (κ2) is 6.18. The number of benzene rings is 2. The summed E-state index contributed by atoms with van der Waals surface area (Å²) >= 11 is 0. The number of nitrogens with one attached hydrogen (secondary N) is 2. The molecule has 0 spiro atoms. The summed E-state index contributed by atoms with van der Waals surface area (Å²) in [5.74, 6) is -0.163. The van der Waals surface area contributed by atoms with E-state index in [0.29, 0.717) is 11.5 Å². The molecule has 23 heavy (non-hydrogen) atoms. The van der Waals surface area contributed by atoms with Crippen molar-refractivity contribution in [3.63, 3.8) is 0 Å². The largest absolute Gasteiger partial charge is 0.368 e. The van der Waals surface area contributed by atoms with Gasteiger partial charge in [0.05, 0.1) is 5.69 Å². The Kier molecular flexibility index (Phi) is 3.92. The van der Waals surface area contributed by atoms with Gasteiger partial charge in [-0.3, -0.25) is 14.8 Å². The van der Waals surface area contributed by atoms with Gasteiger partial charge in [-0.15, -0.1) is 0 Å². The number of carbonyl (C=O) groups is 2. The van der Waals surface area contributed by atoms with Gasteiger partial charge in [-0.05, 0) is 11.5 Å². The highest BCUT2D eigenvalue weighted by molar-refractivity contribution is 6.05. The van der Waals surface area contributed by atoms with Crippen molar-refractivity contribution >= 4 is 34.2 Å². The molecule has 0 atom stereocenters. The van der Waals surface area contributed by atoms with E-state index < -0.39 is 11.9 Å². The second-order valence-corrected chi connectivity index (χ2v) is 4.97. The quantitative estimate of drug-likeness (QED) is 0.688. The summed E-state index contributed by atoms with van der Waals surface area (Å²) in [7, 11) is 0. The van der Waals surface area contributed by atoms with Crippen LogP contribution in [0.4, 0.5) is 16.3 Å². The van der Waals surface area contributed by atoms with E-state index in [1.54, 1.807) is 12.3 Å². The first-order chi connectivity index (χ1) is 11.1. The highest BCUT2D eigenvalue weighted by atomic mass is 16.2. The van der Waals surface area contributed by atoms with Crippen molar-refractivity contribution in [2.75, 3.05) is 10.6 Å². The lowest BCUT2D eigenvalue weighted by molar-refractivity contribution is -0.118. The number of hydrogen-bond acceptors (Lipinski definition) is 3. The fourth-order valence-electron chi connectivity index (χ4n) is 2.28. The summed E-state index contributed by atoms with van der Waals surface area (Å²) in [6.07, 6.45) is 1.57. The minimum absolute atomic E-state index is 0.0351. The maximum Gasteiger partial charge on any atom is 0.324 e. The van der Waals surface area contributed by atoms with Crippen molar-refractivity contribution in [1.82, 2.24) is 9.78 Å². The van der Waals surface area contributed by atoms with E-state index in [1.165, 1.54) is 4.68 Å². The zero-order valence-electron chi connectivity index (χ0n) is 12.2. The van der Waals surface area contributed by atoms with Gasteiger partial charge in [-0.1, -0.05) is 36.4 Å². The molecular formula is C16H15N5O2. The van der Waals surface area contributed by atoms with Crippen molar-refractivity contribution in [1.29, 1.82) is 0 Å². The van der Waals surface area contributed by atoms with Gasteiger partial charge >= 0.3 is 6.03 Å². The van der Waals surface area contributed by atoms with Crippen molar-refractivity contribution in [3.05, 3.63) is 54.7 Å². The molecule has 3 amide bonds. The first-order valence-corrected chi connectivity index (χ1v) is 6.99. The molecule has 2 aromatic carbocycles. The molecule has 1 aromatic heterocycles. The first-order valence-electron chi connectivity index (χ1n) is 6.99. The number of urea groups is 1. The van der Waals surface area contributed by atoms with Crippen LogP contribution in [0.5, 0.6) is 0 Å². The normalized spacial score (nSPS) is 10.4. The molecule has 0 fully saturated rings. The molecular weight excluding hydrogens is 294 g/mol. The third-order valence-corrected chi connectivity index (χ3v) is 3.24. The first kappa shape index (κ1) is 14.6. The lowest BCUT2D eigenvalue weighted by Crippen LogP contribution is -2.21. The number of amides is 3. The van der Waals surface area contributed by atoms with Crippen LogP contribution in [0.1, 0.15) is 0 Å². The Labute approximate surface area is 132 Å². The molecule has 0 bridgehead atoms. The molecule has 7 heteroatoms. The lowest BCUT2D eigenvalue weighted by atomic mass is 10.1. The number of aromatic nitrogens is 2. The second-order valence-electron chi connectivity index (χ2n) is 4.97. The molecule has 0 radical (unpaired) electrons. The Bertz CT molecular complexity index is 866. The molecule has 3 rings (SSSR count). The number of anilines is 2. The molecule has 0 aliphatic carbocycles. The Hall–Kier alpha value is -3.35. The van der Waals surface area contributed by atoms with E-state index >= 15 is 0 Å². The van der Waals surface area contributed by atoms with E-state index in [4.69, 9.17) is 5.73 Å². The molecule has 3 aromatic rings. The van der Waals surface area contributed by atoms with Crippen LogP contribution in [0.3, 0.4) is 0 Å². The van der Waals surface area contributed by atoms with E-state index in [2.05, 4.69) is 15.7 Å². The fourth-order valence-corrected chi connectivity index (χ4v) is 2.28. The zero-order valence-corrected chi connectivity index (χ0v) is 12.2. The monoisotopic (exact) mass is 309 g/mol. The molecule has 0 saturated heterocycles. The predicted octanol–water partition coefficient (Wildman–Crippen LogP) is 2.17. The zero-order chi connectivity index (χ0) is 16.2. The van der Waals surface area contributed by atoms with Crippen LogP contribution in [0.25, 0.3) is 10.8 Å². The Morgan fingerprint density at radius 1 is 1.04 bits per heavy atom. The van der Waals surface area contributed by atoms with E-state index in [1.807, 2.05) is 42.5 Å². The average molecular weight is 309 g/mol. The van der Waals surface area contributed by atoms with Gasteiger partial charge in [-0.2, -0.15) is 5.10 Å². The van der Waals surface area contributed by atoms with Crippen LogP contribution in [-0.2, 0) is 11.3 Å². The molecule has 116 valence electrons. The summed E-state index contributed by atoms with van der Waals surface area (Å²) in [5.41, 5.74) is 5.80. The van der Waals surface area contributed by atoms with Gasteiger partial charge in [-0.25, -0.2) is 4.79 Å². The molecule has 1 heterocycles. The number of primary amides is 1. The van der Waals surface area contributed by atoms with Crippen LogP contribution in [-0.4, -0.2) is 21.7 Å². The number of hydrogen-bond donors (Lipinski definition) is 3. The Morgan fingerprint density at radius 3 is 2.65 bits per heavy atom. The van der Waals surface area contributed by atoms with Crippen LogP contribution >= 0.6 is 0 Å². The van der Waals surface area contributed by atoms with Crippen LogP contribution < -0.4 is 16.4 Å². The number of nitrogens with zero attached hydrogens (tertiary/aromatic N) is 2. The standard InChI is InChI=1S/C16H15N5O2/c17-14(22)10-21-9-8-15(20-21)19-16(23)18-13-7-3-5-11-4-1-2-6-12(11)13/h1-9H,10H2,(H2,17,22)(H2,18,19,20,23). The average Bonchev–Trinajstić information content (AvgIpc) is 2.93. The lowest BCUT2D eigenvalue weighted by Gasteiger charge is -2.08. The van der Waals surface area contributed by atoms with Crippen molar-refractivity contribution in [3.8, 4) is 0 Å². The molecule has 0 aliphatic heterocycles. The van der Waals surface area contributed by atoms with Gasteiger partial charge in [0.15, 0.2) is 5.82 Å². The summed E-state index contributed by atoms with van der Waals surface area (Å²) in [4.78, 5) is 22.9. The fraction of sp³-hybridized carbons (Fsp3) is 0.0625. The third kappa shape index (κ3) is 3.46. The van der Waals surface area contributed by atoms with Crippen molar-refractivity contribution in [2.45, 2.75) is 6.54 Å². The van der Waals surface area contributed by atoms with Crippen LogP contribution in [0.15, 0.2) is 54.7 Å². The summed E-state index contributed by atoms with van der Waals surface area (Å²) < 4.78 is 1.36. The number of nitrogens with two attached hydrogens (primary N) is 1. The third-order valence-electron chi connectivity index (χ3n) is 3.24. The minimum Gasteiger partial charge on any atom is -0.368 e. The summed E-state index contributed by atoms with van der Waals surface area (Å²) in [6.45, 7) is -0.0351. The van der Waals surface area contributed by atoms with Gasteiger partial charge in [0.25, 0.3) is 0 Å². The van der Waals surface area contributed by atoms with E-state index in [0.717, 1.165) is 10.8 Å². The molecule has 0 saturated carbocycles. The maximum atomic E-state index is 12.1.